The van der Waals surface area contributed by atoms with Gasteiger partial charge < -0.3 is 13.9 Å². The highest BCUT2D eigenvalue weighted by Gasteiger charge is 2.15. The van der Waals surface area contributed by atoms with E-state index < -0.39 is 0 Å². The fourth-order valence-corrected chi connectivity index (χ4v) is 2.69. The molecule has 0 fully saturated rings. The molecule has 0 saturated heterocycles. The van der Waals surface area contributed by atoms with Gasteiger partial charge in [-0.25, -0.2) is 0 Å². The number of rotatable bonds is 6. The van der Waals surface area contributed by atoms with Crippen molar-refractivity contribution in [2.45, 2.75) is 27.7 Å². The second-order valence-electron chi connectivity index (χ2n) is 6.88. The van der Waals surface area contributed by atoms with Crippen LogP contribution < -0.4 is 14.9 Å². The van der Waals surface area contributed by atoms with Crippen LogP contribution in [-0.4, -0.2) is 13.2 Å². The van der Waals surface area contributed by atoms with Crippen molar-refractivity contribution in [1.82, 2.24) is 0 Å². The number of allylic oxidation sites excluding steroid dienone is 2. The van der Waals surface area contributed by atoms with E-state index in [1.54, 1.807) is 24.3 Å². The second-order valence-corrected chi connectivity index (χ2v) is 6.88. The maximum absolute atomic E-state index is 13.1. The number of hydrogen-bond donors (Lipinski definition) is 0. The zero-order valence-electron chi connectivity index (χ0n) is 16.2. The minimum atomic E-state index is -0.119. The van der Waals surface area contributed by atoms with Gasteiger partial charge in [-0.05, 0) is 64.1 Å². The molecular formula is C23H24O4. The van der Waals surface area contributed by atoms with Gasteiger partial charge in [0.15, 0.2) is 11.3 Å². The number of benzene rings is 2. The van der Waals surface area contributed by atoms with Crippen LogP contribution in [0, 0.1) is 0 Å². The van der Waals surface area contributed by atoms with E-state index in [2.05, 4.69) is 0 Å². The molecule has 0 aliphatic heterocycles. The van der Waals surface area contributed by atoms with E-state index in [-0.39, 0.29) is 5.43 Å². The first-order valence-corrected chi connectivity index (χ1v) is 8.98. The summed E-state index contributed by atoms with van der Waals surface area (Å²) in [5.41, 5.74) is 3.15. The van der Waals surface area contributed by atoms with Crippen molar-refractivity contribution in [1.29, 1.82) is 0 Å². The fourth-order valence-electron chi connectivity index (χ4n) is 2.69. The lowest BCUT2D eigenvalue weighted by atomic mass is 10.1. The first kappa shape index (κ1) is 18.8. The molecule has 0 amide bonds. The summed E-state index contributed by atoms with van der Waals surface area (Å²) in [5, 5.41) is 0.934. The minimum absolute atomic E-state index is 0.119. The molecule has 0 saturated carbocycles. The van der Waals surface area contributed by atoms with Crippen LogP contribution in [0.5, 0.6) is 11.5 Å². The molecule has 27 heavy (non-hydrogen) atoms. The number of fused-ring (bicyclic) bond motifs is 2. The molecule has 2 aromatic carbocycles. The molecule has 0 N–H and O–H groups in total. The Bertz CT molecular complexity index is 1080. The van der Waals surface area contributed by atoms with Crippen LogP contribution in [0.3, 0.4) is 0 Å². The van der Waals surface area contributed by atoms with Crippen molar-refractivity contribution in [3.63, 3.8) is 0 Å². The molecule has 1 aromatic heterocycles. The summed E-state index contributed by atoms with van der Waals surface area (Å²) < 4.78 is 17.7. The van der Waals surface area contributed by atoms with E-state index in [9.17, 15) is 4.79 Å². The SMILES string of the molecule is CC(C)=CCOc1cccc2c(=O)c3c(OCC=C(C)C)cccc3oc12. The molecule has 1 heterocycles. The monoisotopic (exact) mass is 364 g/mol. The minimum Gasteiger partial charge on any atom is -0.489 e. The van der Waals surface area contributed by atoms with Gasteiger partial charge in [0.2, 0.25) is 5.43 Å². The number of para-hydroxylation sites is 1. The lowest BCUT2D eigenvalue weighted by Crippen LogP contribution is -2.06. The van der Waals surface area contributed by atoms with Crippen molar-refractivity contribution >= 4 is 21.9 Å². The molecule has 0 aliphatic rings. The van der Waals surface area contributed by atoms with Crippen LogP contribution in [-0.2, 0) is 0 Å². The largest absolute Gasteiger partial charge is 0.489 e. The molecular weight excluding hydrogens is 340 g/mol. The Morgan fingerprint density at radius 2 is 1.48 bits per heavy atom. The van der Waals surface area contributed by atoms with Gasteiger partial charge in [0.25, 0.3) is 0 Å². The highest BCUT2D eigenvalue weighted by molar-refractivity contribution is 5.95. The molecule has 0 radical (unpaired) electrons. The van der Waals surface area contributed by atoms with Crippen molar-refractivity contribution < 1.29 is 13.9 Å². The quantitative estimate of drug-likeness (QED) is 0.420. The lowest BCUT2D eigenvalue weighted by Gasteiger charge is -2.10. The highest BCUT2D eigenvalue weighted by atomic mass is 16.5. The van der Waals surface area contributed by atoms with E-state index in [0.717, 1.165) is 5.57 Å². The third kappa shape index (κ3) is 4.22. The van der Waals surface area contributed by atoms with Gasteiger partial charge in [0.05, 0.1) is 5.39 Å². The average molecular weight is 364 g/mol. The van der Waals surface area contributed by atoms with Crippen LogP contribution in [0.15, 0.2) is 68.9 Å². The van der Waals surface area contributed by atoms with Crippen molar-refractivity contribution in [2.75, 3.05) is 13.2 Å². The van der Waals surface area contributed by atoms with Gasteiger partial charge in [-0.15, -0.1) is 0 Å². The summed E-state index contributed by atoms with van der Waals surface area (Å²) in [6, 6.07) is 10.7. The molecule has 0 atom stereocenters. The van der Waals surface area contributed by atoms with Gasteiger partial charge >= 0.3 is 0 Å². The van der Waals surface area contributed by atoms with E-state index in [1.165, 1.54) is 5.57 Å². The first-order chi connectivity index (χ1) is 13.0. The maximum atomic E-state index is 13.1. The molecule has 3 rings (SSSR count). The first-order valence-electron chi connectivity index (χ1n) is 8.98. The number of hydrogen-bond acceptors (Lipinski definition) is 4. The standard InChI is InChI=1S/C23H24O4/c1-15(2)11-13-25-18-8-6-9-19-21(18)22(24)17-7-5-10-20(23(17)27-19)26-14-12-16(3)4/h5-12H,13-14H2,1-4H3. The molecule has 3 aromatic rings. The van der Waals surface area contributed by atoms with Crippen LogP contribution in [0.25, 0.3) is 21.9 Å². The highest BCUT2D eigenvalue weighted by Crippen LogP contribution is 2.30. The summed E-state index contributed by atoms with van der Waals surface area (Å²) in [7, 11) is 0. The zero-order chi connectivity index (χ0) is 19.4. The van der Waals surface area contributed by atoms with Gasteiger partial charge in [-0.1, -0.05) is 23.3 Å². The van der Waals surface area contributed by atoms with E-state index in [0.29, 0.717) is 46.7 Å². The molecule has 4 heteroatoms. The van der Waals surface area contributed by atoms with Crippen molar-refractivity contribution in [3.05, 3.63) is 69.9 Å². The topological polar surface area (TPSA) is 48.7 Å². The average Bonchev–Trinajstić information content (AvgIpc) is 2.62. The number of ether oxygens (including phenoxy) is 2. The van der Waals surface area contributed by atoms with Gasteiger partial charge in [-0.2, -0.15) is 0 Å². The smallest absolute Gasteiger partial charge is 0.204 e. The fraction of sp³-hybridized carbons (Fsp3) is 0.261. The van der Waals surface area contributed by atoms with Gasteiger partial charge in [0, 0.05) is 0 Å². The predicted octanol–water partition coefficient (Wildman–Crippen LogP) is 5.64. The lowest BCUT2D eigenvalue weighted by molar-refractivity contribution is 0.359. The summed E-state index contributed by atoms with van der Waals surface area (Å²) in [6.07, 6.45) is 3.95. The Balaban J connectivity index is 2.10. The maximum Gasteiger partial charge on any atom is 0.204 e. The molecule has 0 bridgehead atoms. The Hall–Kier alpha value is -3.01. The van der Waals surface area contributed by atoms with E-state index in [4.69, 9.17) is 13.9 Å². The summed E-state index contributed by atoms with van der Waals surface area (Å²) in [4.78, 5) is 13.1. The van der Waals surface area contributed by atoms with Crippen LogP contribution in [0.4, 0.5) is 0 Å². The third-order valence-corrected chi connectivity index (χ3v) is 4.11. The summed E-state index contributed by atoms with van der Waals surface area (Å²) >= 11 is 0. The van der Waals surface area contributed by atoms with Crippen LogP contribution in [0.1, 0.15) is 27.7 Å². The molecule has 4 nitrogen and oxygen atoms in total. The molecule has 0 spiro atoms. The van der Waals surface area contributed by atoms with Crippen LogP contribution >= 0.6 is 0 Å². The Morgan fingerprint density at radius 1 is 0.889 bits per heavy atom. The van der Waals surface area contributed by atoms with E-state index >= 15 is 0 Å². The molecule has 0 aliphatic carbocycles. The normalized spacial score (nSPS) is 10.7. The van der Waals surface area contributed by atoms with Crippen molar-refractivity contribution in [3.8, 4) is 11.5 Å². The molecule has 140 valence electrons. The van der Waals surface area contributed by atoms with Crippen molar-refractivity contribution in [2.24, 2.45) is 0 Å². The Labute approximate surface area is 158 Å². The molecule has 0 unspecified atom stereocenters. The van der Waals surface area contributed by atoms with Crippen LogP contribution in [0.2, 0.25) is 0 Å². The summed E-state index contributed by atoms with van der Waals surface area (Å²) in [5.74, 6) is 1.08. The Morgan fingerprint density at radius 3 is 2.15 bits per heavy atom. The predicted molar refractivity (Wildman–Crippen MR) is 110 cm³/mol. The van der Waals surface area contributed by atoms with Gasteiger partial charge in [0.1, 0.15) is 29.9 Å². The summed E-state index contributed by atoms with van der Waals surface area (Å²) in [6.45, 7) is 8.86. The van der Waals surface area contributed by atoms with E-state index in [1.807, 2.05) is 52.0 Å². The zero-order valence-corrected chi connectivity index (χ0v) is 16.2. The second kappa shape index (κ2) is 8.12. The Kier molecular flexibility index (Phi) is 5.65. The third-order valence-electron chi connectivity index (χ3n) is 4.11. The van der Waals surface area contributed by atoms with Gasteiger partial charge in [-0.3, -0.25) is 4.79 Å².